The van der Waals surface area contributed by atoms with Crippen molar-refractivity contribution in [2.24, 2.45) is 7.05 Å². The summed E-state index contributed by atoms with van der Waals surface area (Å²) in [7, 11) is 2.07. The van der Waals surface area contributed by atoms with E-state index < -0.39 is 0 Å². The summed E-state index contributed by atoms with van der Waals surface area (Å²) < 4.78 is 2.17. The highest BCUT2D eigenvalue weighted by Crippen LogP contribution is 2.19. The van der Waals surface area contributed by atoms with Gasteiger partial charge in [-0.3, -0.25) is 9.69 Å². The van der Waals surface area contributed by atoms with E-state index in [0.29, 0.717) is 0 Å². The molecule has 0 N–H and O–H groups in total. The molecule has 0 saturated carbocycles. The number of fused-ring (bicyclic) bond motifs is 1. The van der Waals surface area contributed by atoms with Gasteiger partial charge in [0.25, 0.3) is 5.91 Å². The Morgan fingerprint density at radius 1 is 1.12 bits per heavy atom. The van der Waals surface area contributed by atoms with E-state index in [1.54, 1.807) is 11.3 Å². The minimum Gasteiger partial charge on any atom is -0.335 e. The van der Waals surface area contributed by atoms with E-state index in [9.17, 15) is 4.79 Å². The predicted molar refractivity (Wildman–Crippen MR) is 101 cm³/mol. The van der Waals surface area contributed by atoms with Crippen LogP contribution in [-0.4, -0.2) is 51.4 Å². The maximum absolute atomic E-state index is 12.6. The Morgan fingerprint density at radius 3 is 2.56 bits per heavy atom. The Kier molecular flexibility index (Phi) is 4.31. The molecule has 0 aliphatic carbocycles. The topological polar surface area (TPSA) is 41.4 Å². The molecule has 3 aromatic rings. The summed E-state index contributed by atoms with van der Waals surface area (Å²) in [6.07, 6.45) is 0. The van der Waals surface area contributed by atoms with Gasteiger partial charge in [-0.15, -0.1) is 11.3 Å². The molecule has 5 nitrogen and oxygen atoms in total. The summed E-state index contributed by atoms with van der Waals surface area (Å²) in [6.45, 7) is 6.19. The molecule has 0 unspecified atom stereocenters. The van der Waals surface area contributed by atoms with Crippen LogP contribution in [0.3, 0.4) is 0 Å². The molecule has 3 heterocycles. The van der Waals surface area contributed by atoms with Crippen LogP contribution >= 0.6 is 11.3 Å². The van der Waals surface area contributed by atoms with Gasteiger partial charge in [0.05, 0.1) is 22.5 Å². The summed E-state index contributed by atoms with van der Waals surface area (Å²) in [5.74, 6) is 1.25. The molecular weight excluding hydrogens is 332 g/mol. The second kappa shape index (κ2) is 6.61. The van der Waals surface area contributed by atoms with Crippen molar-refractivity contribution in [1.29, 1.82) is 0 Å². The minimum absolute atomic E-state index is 0.167. The minimum atomic E-state index is 0.167. The van der Waals surface area contributed by atoms with Crippen molar-refractivity contribution in [1.82, 2.24) is 19.4 Å². The number of carbonyl (C=O) groups is 1. The van der Waals surface area contributed by atoms with Crippen LogP contribution in [0.2, 0.25) is 0 Å². The number of amides is 1. The smallest absolute Gasteiger partial charge is 0.264 e. The van der Waals surface area contributed by atoms with Crippen molar-refractivity contribution in [3.8, 4) is 0 Å². The molecule has 2 aromatic heterocycles. The van der Waals surface area contributed by atoms with Crippen LogP contribution in [0, 0.1) is 6.92 Å². The Morgan fingerprint density at radius 2 is 1.88 bits per heavy atom. The van der Waals surface area contributed by atoms with Crippen LogP contribution in [-0.2, 0) is 13.6 Å². The Hall–Kier alpha value is -2.18. The molecule has 1 aromatic carbocycles. The monoisotopic (exact) mass is 354 g/mol. The van der Waals surface area contributed by atoms with Crippen LogP contribution in [0.4, 0.5) is 0 Å². The number of benzene rings is 1. The lowest BCUT2D eigenvalue weighted by atomic mass is 10.3. The zero-order valence-electron chi connectivity index (χ0n) is 14.6. The number of imidazole rings is 1. The second-order valence-electron chi connectivity index (χ2n) is 6.55. The van der Waals surface area contributed by atoms with Crippen molar-refractivity contribution in [2.45, 2.75) is 13.5 Å². The molecule has 25 heavy (non-hydrogen) atoms. The fraction of sp³-hybridized carbons (Fsp3) is 0.368. The lowest BCUT2D eigenvalue weighted by Gasteiger charge is -2.34. The average Bonchev–Trinajstić information content (AvgIpc) is 3.20. The maximum Gasteiger partial charge on any atom is 0.264 e. The maximum atomic E-state index is 12.6. The molecule has 1 saturated heterocycles. The molecule has 0 spiro atoms. The number of hydrogen-bond donors (Lipinski definition) is 0. The molecule has 0 bridgehead atoms. The van der Waals surface area contributed by atoms with E-state index in [4.69, 9.17) is 4.98 Å². The third-order valence-electron chi connectivity index (χ3n) is 4.86. The van der Waals surface area contributed by atoms with Gasteiger partial charge in [0.15, 0.2) is 0 Å². The molecule has 0 radical (unpaired) electrons. The van der Waals surface area contributed by atoms with Gasteiger partial charge in [0, 0.05) is 38.1 Å². The normalized spacial score (nSPS) is 15.8. The summed E-state index contributed by atoms with van der Waals surface area (Å²) in [4.78, 5) is 23.7. The summed E-state index contributed by atoms with van der Waals surface area (Å²) in [6, 6.07) is 12.2. The lowest BCUT2D eigenvalue weighted by molar-refractivity contribution is 0.0629. The van der Waals surface area contributed by atoms with Crippen molar-refractivity contribution in [2.75, 3.05) is 26.2 Å². The fourth-order valence-electron chi connectivity index (χ4n) is 3.35. The third-order valence-corrected chi connectivity index (χ3v) is 5.84. The molecule has 1 amide bonds. The van der Waals surface area contributed by atoms with Gasteiger partial charge < -0.3 is 9.47 Å². The van der Waals surface area contributed by atoms with Crippen LogP contribution in [0.1, 0.15) is 20.4 Å². The zero-order chi connectivity index (χ0) is 17.4. The highest BCUT2D eigenvalue weighted by molar-refractivity contribution is 7.13. The first kappa shape index (κ1) is 16.3. The number of hydrogen-bond acceptors (Lipinski definition) is 4. The number of piperazine rings is 1. The highest BCUT2D eigenvalue weighted by Gasteiger charge is 2.24. The van der Waals surface area contributed by atoms with Gasteiger partial charge in [-0.1, -0.05) is 12.1 Å². The average molecular weight is 354 g/mol. The highest BCUT2D eigenvalue weighted by atomic mass is 32.1. The van der Waals surface area contributed by atoms with Gasteiger partial charge in [-0.25, -0.2) is 4.98 Å². The SMILES string of the molecule is Cc1ccc(C(=O)N2CCN(Cc3nc4ccccc4n3C)CC2)s1. The van der Waals surface area contributed by atoms with Crippen LogP contribution < -0.4 is 0 Å². The molecule has 0 atom stereocenters. The summed E-state index contributed by atoms with van der Waals surface area (Å²) in [5, 5.41) is 0. The molecule has 1 fully saturated rings. The molecule has 4 rings (SSSR count). The molecule has 6 heteroatoms. The van der Waals surface area contributed by atoms with Crippen LogP contribution in [0.15, 0.2) is 36.4 Å². The number of para-hydroxylation sites is 2. The predicted octanol–water partition coefficient (Wildman–Crippen LogP) is 2.90. The van der Waals surface area contributed by atoms with E-state index in [2.05, 4.69) is 28.6 Å². The quantitative estimate of drug-likeness (QED) is 0.726. The molecule has 130 valence electrons. The Bertz CT molecular complexity index is 905. The zero-order valence-corrected chi connectivity index (χ0v) is 15.4. The first-order valence-electron chi connectivity index (χ1n) is 8.60. The van der Waals surface area contributed by atoms with Crippen molar-refractivity contribution in [3.05, 3.63) is 52.0 Å². The van der Waals surface area contributed by atoms with Crippen molar-refractivity contribution >= 4 is 28.3 Å². The first-order chi connectivity index (χ1) is 12.1. The third kappa shape index (κ3) is 3.19. The molecule has 1 aliphatic heterocycles. The first-order valence-corrected chi connectivity index (χ1v) is 9.42. The van der Waals surface area contributed by atoms with E-state index in [1.807, 2.05) is 36.1 Å². The molecular formula is C19H22N4OS. The van der Waals surface area contributed by atoms with Gasteiger partial charge >= 0.3 is 0 Å². The van der Waals surface area contributed by atoms with E-state index >= 15 is 0 Å². The number of aryl methyl sites for hydroxylation is 2. The van der Waals surface area contributed by atoms with Crippen LogP contribution in [0.25, 0.3) is 11.0 Å². The number of thiophene rings is 1. The number of aromatic nitrogens is 2. The van der Waals surface area contributed by atoms with E-state index in [0.717, 1.165) is 48.9 Å². The van der Waals surface area contributed by atoms with Gasteiger partial charge in [0.2, 0.25) is 0 Å². The lowest BCUT2D eigenvalue weighted by Crippen LogP contribution is -2.48. The Labute approximate surface area is 151 Å². The summed E-state index contributed by atoms with van der Waals surface area (Å²) >= 11 is 1.58. The molecule has 1 aliphatic rings. The van der Waals surface area contributed by atoms with E-state index in [1.165, 1.54) is 10.4 Å². The second-order valence-corrected chi connectivity index (χ2v) is 7.84. The largest absolute Gasteiger partial charge is 0.335 e. The summed E-state index contributed by atoms with van der Waals surface area (Å²) in [5.41, 5.74) is 2.21. The van der Waals surface area contributed by atoms with Gasteiger partial charge in [-0.2, -0.15) is 0 Å². The number of nitrogens with zero attached hydrogens (tertiary/aromatic N) is 4. The van der Waals surface area contributed by atoms with Crippen molar-refractivity contribution < 1.29 is 4.79 Å². The van der Waals surface area contributed by atoms with Crippen LogP contribution in [0.5, 0.6) is 0 Å². The van der Waals surface area contributed by atoms with Gasteiger partial charge in [0.1, 0.15) is 5.82 Å². The number of rotatable bonds is 3. The fourth-order valence-corrected chi connectivity index (χ4v) is 4.19. The standard InChI is InChI=1S/C19H22N4OS/c1-14-7-8-17(25-14)19(24)23-11-9-22(10-12-23)13-18-20-15-5-3-4-6-16(15)21(18)2/h3-8H,9-13H2,1-2H3. The Balaban J connectivity index is 1.40. The van der Waals surface area contributed by atoms with Gasteiger partial charge in [-0.05, 0) is 31.2 Å². The number of carbonyl (C=O) groups excluding carboxylic acids is 1. The van der Waals surface area contributed by atoms with E-state index in [-0.39, 0.29) is 5.91 Å². The van der Waals surface area contributed by atoms with Crippen molar-refractivity contribution in [3.63, 3.8) is 0 Å².